The lowest BCUT2D eigenvalue weighted by atomic mass is 10.2. The highest BCUT2D eigenvalue weighted by Crippen LogP contribution is 2.19. The Morgan fingerprint density at radius 2 is 2.30 bits per heavy atom. The van der Waals surface area contributed by atoms with Gasteiger partial charge in [0.1, 0.15) is 5.76 Å². The van der Waals surface area contributed by atoms with Gasteiger partial charge in [0.2, 0.25) is 0 Å². The van der Waals surface area contributed by atoms with Crippen LogP contribution in [-0.4, -0.2) is 11.2 Å². The summed E-state index contributed by atoms with van der Waals surface area (Å²) in [6.07, 6.45) is 3.74. The van der Waals surface area contributed by atoms with Gasteiger partial charge in [0.25, 0.3) is 5.22 Å². The number of oxazole rings is 1. The van der Waals surface area contributed by atoms with Gasteiger partial charge < -0.3 is 4.42 Å². The molecule has 0 N–H and O–H groups in total. The van der Waals surface area contributed by atoms with Gasteiger partial charge >= 0.3 is 0 Å². The van der Waals surface area contributed by atoms with Crippen molar-refractivity contribution in [3.05, 3.63) is 12.0 Å². The van der Waals surface area contributed by atoms with Gasteiger partial charge in [0.15, 0.2) is 0 Å². The highest BCUT2D eigenvalue weighted by Gasteiger charge is 2.05. The Morgan fingerprint density at radius 3 is 2.60 bits per heavy atom. The number of hydrogen-bond donors (Lipinski definition) is 0. The third-order valence-corrected chi connectivity index (χ3v) is 1.78. The maximum atomic E-state index is 5.35. The molecule has 0 radical (unpaired) electrons. The molecule has 1 aromatic heterocycles. The molecule has 0 atom stereocenters. The third-order valence-electron chi connectivity index (χ3n) is 1.25. The second-order valence-corrected chi connectivity index (χ2v) is 3.14. The maximum absolute atomic E-state index is 5.35. The monoisotopic (exact) mass is 157 g/mol. The summed E-state index contributed by atoms with van der Waals surface area (Å²) >= 11 is 1.53. The zero-order valence-electron chi connectivity index (χ0n) is 6.42. The molecule has 10 heavy (non-hydrogen) atoms. The van der Waals surface area contributed by atoms with Gasteiger partial charge in [-0.2, -0.15) is 0 Å². The number of nitrogens with zero attached hydrogens (tertiary/aromatic N) is 1. The average Bonchev–Trinajstić information content (AvgIpc) is 2.34. The lowest BCUT2D eigenvalue weighted by molar-refractivity contribution is 0.403. The average molecular weight is 157 g/mol. The van der Waals surface area contributed by atoms with Gasteiger partial charge in [-0.1, -0.05) is 25.6 Å². The molecule has 1 aromatic rings. The van der Waals surface area contributed by atoms with Crippen LogP contribution in [-0.2, 0) is 0 Å². The molecule has 0 aliphatic rings. The molecule has 0 amide bonds. The molecule has 0 spiro atoms. The van der Waals surface area contributed by atoms with Crippen molar-refractivity contribution in [2.24, 2.45) is 0 Å². The second-order valence-electron chi connectivity index (χ2n) is 2.39. The van der Waals surface area contributed by atoms with Crippen molar-refractivity contribution in [3.63, 3.8) is 0 Å². The summed E-state index contributed by atoms with van der Waals surface area (Å²) in [6, 6.07) is 0. The van der Waals surface area contributed by atoms with Crippen LogP contribution in [0.25, 0.3) is 0 Å². The van der Waals surface area contributed by atoms with E-state index in [-0.39, 0.29) is 0 Å². The molecule has 3 heteroatoms. The van der Waals surface area contributed by atoms with Crippen LogP contribution >= 0.6 is 11.8 Å². The summed E-state index contributed by atoms with van der Waals surface area (Å²) in [4.78, 5) is 4.05. The highest BCUT2D eigenvalue weighted by atomic mass is 32.2. The predicted octanol–water partition coefficient (Wildman–Crippen LogP) is 2.52. The Bertz CT molecular complexity index is 207. The Morgan fingerprint density at radius 1 is 1.60 bits per heavy atom. The molecule has 56 valence electrons. The van der Waals surface area contributed by atoms with E-state index in [0.29, 0.717) is 5.92 Å². The summed E-state index contributed by atoms with van der Waals surface area (Å²) in [5.41, 5.74) is 0. The summed E-state index contributed by atoms with van der Waals surface area (Å²) in [7, 11) is 0. The fourth-order valence-corrected chi connectivity index (χ4v) is 0.969. The smallest absolute Gasteiger partial charge is 0.255 e. The number of thioether (sulfide) groups is 1. The summed E-state index contributed by atoms with van der Waals surface area (Å²) < 4.78 is 5.35. The first-order chi connectivity index (χ1) is 4.74. The number of hydrogen-bond acceptors (Lipinski definition) is 3. The fraction of sp³-hybridized carbons (Fsp3) is 0.571. The fourth-order valence-electron chi connectivity index (χ4n) is 0.631. The van der Waals surface area contributed by atoms with E-state index in [0.717, 1.165) is 11.0 Å². The van der Waals surface area contributed by atoms with Crippen LogP contribution < -0.4 is 0 Å². The first-order valence-electron chi connectivity index (χ1n) is 3.23. The van der Waals surface area contributed by atoms with E-state index < -0.39 is 0 Å². The van der Waals surface area contributed by atoms with Gasteiger partial charge in [0, 0.05) is 5.92 Å². The van der Waals surface area contributed by atoms with Gasteiger partial charge in [-0.15, -0.1) is 0 Å². The minimum atomic E-state index is 0.438. The molecule has 0 saturated heterocycles. The van der Waals surface area contributed by atoms with E-state index in [1.165, 1.54) is 11.8 Å². The van der Waals surface area contributed by atoms with E-state index in [9.17, 15) is 0 Å². The molecule has 0 aliphatic heterocycles. The van der Waals surface area contributed by atoms with E-state index in [2.05, 4.69) is 18.8 Å². The summed E-state index contributed by atoms with van der Waals surface area (Å²) in [6.45, 7) is 4.18. The standard InChI is InChI=1S/C7H11NOS/c1-5(2)6-4-8-7(9-6)10-3/h4-5H,1-3H3. The van der Waals surface area contributed by atoms with Gasteiger partial charge in [-0.05, 0) is 6.26 Å². The molecule has 0 aliphatic carbocycles. The molecule has 1 heterocycles. The van der Waals surface area contributed by atoms with Crippen LogP contribution in [0.5, 0.6) is 0 Å². The van der Waals surface area contributed by atoms with E-state index >= 15 is 0 Å². The van der Waals surface area contributed by atoms with E-state index in [1.54, 1.807) is 6.20 Å². The zero-order valence-corrected chi connectivity index (χ0v) is 7.23. The first kappa shape index (κ1) is 7.66. The lowest BCUT2D eigenvalue weighted by Crippen LogP contribution is -1.80. The van der Waals surface area contributed by atoms with Crippen LogP contribution in [0.3, 0.4) is 0 Å². The molecule has 1 rings (SSSR count). The van der Waals surface area contributed by atoms with Gasteiger partial charge in [-0.25, -0.2) is 4.98 Å². The minimum absolute atomic E-state index is 0.438. The van der Waals surface area contributed by atoms with Crippen LogP contribution in [0, 0.1) is 0 Å². The third kappa shape index (κ3) is 1.53. The van der Waals surface area contributed by atoms with Crippen LogP contribution in [0.4, 0.5) is 0 Å². The molecule has 2 nitrogen and oxygen atoms in total. The molecule has 0 aromatic carbocycles. The molecule has 0 bridgehead atoms. The van der Waals surface area contributed by atoms with Gasteiger partial charge in [-0.3, -0.25) is 0 Å². The van der Waals surface area contributed by atoms with Crippen molar-refractivity contribution in [3.8, 4) is 0 Å². The van der Waals surface area contributed by atoms with Crippen LogP contribution in [0.15, 0.2) is 15.8 Å². The second kappa shape index (κ2) is 3.10. The van der Waals surface area contributed by atoms with E-state index in [4.69, 9.17) is 4.42 Å². The largest absolute Gasteiger partial charge is 0.436 e. The van der Waals surface area contributed by atoms with Crippen molar-refractivity contribution in [1.82, 2.24) is 4.98 Å². The van der Waals surface area contributed by atoms with Crippen LogP contribution in [0.2, 0.25) is 0 Å². The van der Waals surface area contributed by atoms with Crippen molar-refractivity contribution in [1.29, 1.82) is 0 Å². The predicted molar refractivity (Wildman–Crippen MR) is 42.4 cm³/mol. The normalized spacial score (nSPS) is 10.8. The van der Waals surface area contributed by atoms with Crippen molar-refractivity contribution >= 4 is 11.8 Å². The molecule has 0 unspecified atom stereocenters. The van der Waals surface area contributed by atoms with E-state index in [1.807, 2.05) is 6.26 Å². The van der Waals surface area contributed by atoms with Crippen molar-refractivity contribution in [2.75, 3.05) is 6.26 Å². The zero-order chi connectivity index (χ0) is 7.56. The lowest BCUT2D eigenvalue weighted by Gasteiger charge is -1.94. The summed E-state index contributed by atoms with van der Waals surface area (Å²) in [5.74, 6) is 1.40. The molecule has 0 saturated carbocycles. The first-order valence-corrected chi connectivity index (χ1v) is 4.46. The van der Waals surface area contributed by atoms with Crippen molar-refractivity contribution in [2.45, 2.75) is 25.0 Å². The van der Waals surface area contributed by atoms with Crippen LogP contribution in [0.1, 0.15) is 25.5 Å². The molecular weight excluding hydrogens is 146 g/mol. The number of rotatable bonds is 2. The minimum Gasteiger partial charge on any atom is -0.436 e. The number of aromatic nitrogens is 1. The SMILES string of the molecule is CSc1ncc(C(C)C)o1. The Labute approximate surface area is 65.0 Å². The van der Waals surface area contributed by atoms with Gasteiger partial charge in [0.05, 0.1) is 6.20 Å². The Balaban J connectivity index is 2.78. The maximum Gasteiger partial charge on any atom is 0.255 e. The summed E-state index contributed by atoms with van der Waals surface area (Å²) in [5, 5.41) is 0.753. The topological polar surface area (TPSA) is 26.0 Å². The quantitative estimate of drug-likeness (QED) is 0.617. The van der Waals surface area contributed by atoms with Crippen molar-refractivity contribution < 1.29 is 4.42 Å². The Hall–Kier alpha value is -0.440. The molecular formula is C7H11NOS. The Kier molecular flexibility index (Phi) is 2.38. The highest BCUT2D eigenvalue weighted by molar-refractivity contribution is 7.98. The molecule has 0 fully saturated rings.